The first-order chi connectivity index (χ1) is 14.0. The number of nitrogens with zero attached hydrogens (tertiary/aromatic N) is 3. The molecule has 0 unspecified atom stereocenters. The van der Waals surface area contributed by atoms with E-state index in [4.69, 9.17) is 0 Å². The second kappa shape index (κ2) is 9.19. The predicted molar refractivity (Wildman–Crippen MR) is 113 cm³/mol. The number of nitro groups is 1. The second-order valence-corrected chi connectivity index (χ2v) is 7.10. The SMILES string of the molecule is CCCN(Cc1cccn1Cc1ccccc1)C(=O)c1ccc(C)c([N+](=O)[O-])c1. The van der Waals surface area contributed by atoms with Crippen LogP contribution in [0.3, 0.4) is 0 Å². The van der Waals surface area contributed by atoms with Crippen LogP contribution < -0.4 is 0 Å². The first-order valence-electron chi connectivity index (χ1n) is 9.72. The van der Waals surface area contributed by atoms with E-state index >= 15 is 0 Å². The van der Waals surface area contributed by atoms with Gasteiger partial charge in [-0.3, -0.25) is 14.9 Å². The van der Waals surface area contributed by atoms with Gasteiger partial charge >= 0.3 is 0 Å². The van der Waals surface area contributed by atoms with E-state index in [1.807, 2.05) is 43.5 Å². The highest BCUT2D eigenvalue weighted by molar-refractivity contribution is 5.95. The minimum Gasteiger partial charge on any atom is -0.345 e. The van der Waals surface area contributed by atoms with Crippen LogP contribution in [-0.4, -0.2) is 26.8 Å². The zero-order chi connectivity index (χ0) is 20.8. The van der Waals surface area contributed by atoms with Gasteiger partial charge in [-0.05, 0) is 37.1 Å². The van der Waals surface area contributed by atoms with Crippen LogP contribution in [0.5, 0.6) is 0 Å². The summed E-state index contributed by atoms with van der Waals surface area (Å²) in [6, 6.07) is 18.8. The lowest BCUT2D eigenvalue weighted by molar-refractivity contribution is -0.385. The summed E-state index contributed by atoms with van der Waals surface area (Å²) in [6.07, 6.45) is 2.81. The highest BCUT2D eigenvalue weighted by Crippen LogP contribution is 2.21. The highest BCUT2D eigenvalue weighted by atomic mass is 16.6. The Morgan fingerprint density at radius 1 is 1.10 bits per heavy atom. The van der Waals surface area contributed by atoms with Crippen molar-refractivity contribution in [2.24, 2.45) is 0 Å². The fraction of sp³-hybridized carbons (Fsp3) is 0.261. The van der Waals surface area contributed by atoms with Crippen LogP contribution in [0.2, 0.25) is 0 Å². The average molecular weight is 391 g/mol. The molecule has 6 nitrogen and oxygen atoms in total. The molecule has 0 aliphatic heterocycles. The summed E-state index contributed by atoms with van der Waals surface area (Å²) in [5, 5.41) is 11.2. The fourth-order valence-corrected chi connectivity index (χ4v) is 3.37. The number of hydrogen-bond donors (Lipinski definition) is 0. The van der Waals surface area contributed by atoms with E-state index in [0.29, 0.717) is 24.2 Å². The molecule has 0 saturated carbocycles. The Morgan fingerprint density at radius 2 is 1.86 bits per heavy atom. The maximum Gasteiger partial charge on any atom is 0.273 e. The lowest BCUT2D eigenvalue weighted by atomic mass is 10.1. The van der Waals surface area contributed by atoms with Crippen LogP contribution in [0.25, 0.3) is 0 Å². The van der Waals surface area contributed by atoms with Gasteiger partial charge in [-0.25, -0.2) is 0 Å². The largest absolute Gasteiger partial charge is 0.345 e. The van der Waals surface area contributed by atoms with Crippen molar-refractivity contribution in [1.29, 1.82) is 0 Å². The summed E-state index contributed by atoms with van der Waals surface area (Å²) in [4.78, 5) is 25.7. The number of aryl methyl sites for hydroxylation is 1. The molecule has 0 aliphatic carbocycles. The van der Waals surface area contributed by atoms with E-state index in [-0.39, 0.29) is 11.6 Å². The quantitative estimate of drug-likeness (QED) is 0.409. The molecule has 0 bridgehead atoms. The van der Waals surface area contributed by atoms with Gasteiger partial charge in [-0.1, -0.05) is 43.3 Å². The molecule has 0 fully saturated rings. The fourth-order valence-electron chi connectivity index (χ4n) is 3.37. The summed E-state index contributed by atoms with van der Waals surface area (Å²) >= 11 is 0. The van der Waals surface area contributed by atoms with Crippen molar-refractivity contribution >= 4 is 11.6 Å². The monoisotopic (exact) mass is 391 g/mol. The van der Waals surface area contributed by atoms with E-state index in [9.17, 15) is 14.9 Å². The summed E-state index contributed by atoms with van der Waals surface area (Å²) in [6.45, 7) is 5.45. The van der Waals surface area contributed by atoms with E-state index < -0.39 is 4.92 Å². The molecule has 1 amide bonds. The number of benzene rings is 2. The van der Waals surface area contributed by atoms with Gasteiger partial charge in [0.2, 0.25) is 0 Å². The molecule has 2 aromatic carbocycles. The van der Waals surface area contributed by atoms with Crippen molar-refractivity contribution < 1.29 is 9.72 Å². The standard InChI is InChI=1S/C23H25N3O3/c1-3-13-25(23(27)20-12-11-18(2)22(15-20)26(28)29)17-21-10-7-14-24(21)16-19-8-5-4-6-9-19/h4-12,14-15H,3,13,16-17H2,1-2H3. The molecular weight excluding hydrogens is 366 g/mol. The lowest BCUT2D eigenvalue weighted by Crippen LogP contribution is -2.32. The van der Waals surface area contributed by atoms with Crippen LogP contribution >= 0.6 is 0 Å². The third-order valence-electron chi connectivity index (χ3n) is 4.91. The Hall–Kier alpha value is -3.41. The van der Waals surface area contributed by atoms with Crippen LogP contribution in [0.1, 0.15) is 40.5 Å². The van der Waals surface area contributed by atoms with Crippen LogP contribution in [0.15, 0.2) is 66.9 Å². The van der Waals surface area contributed by atoms with E-state index in [1.165, 1.54) is 11.6 Å². The molecular formula is C23H25N3O3. The van der Waals surface area contributed by atoms with Crippen molar-refractivity contribution in [2.45, 2.75) is 33.4 Å². The third-order valence-corrected chi connectivity index (χ3v) is 4.91. The number of hydrogen-bond acceptors (Lipinski definition) is 3. The Bertz CT molecular complexity index is 996. The molecule has 3 aromatic rings. The first-order valence-corrected chi connectivity index (χ1v) is 9.72. The summed E-state index contributed by atoms with van der Waals surface area (Å²) in [7, 11) is 0. The number of carbonyl (C=O) groups is 1. The predicted octanol–water partition coefficient (Wildman–Crippen LogP) is 4.81. The van der Waals surface area contributed by atoms with Crippen molar-refractivity contribution in [2.75, 3.05) is 6.54 Å². The summed E-state index contributed by atoms with van der Waals surface area (Å²) in [5.74, 6) is -0.192. The normalized spacial score (nSPS) is 10.7. The van der Waals surface area contributed by atoms with Gasteiger partial charge in [0, 0.05) is 42.2 Å². The van der Waals surface area contributed by atoms with Crippen molar-refractivity contribution in [3.8, 4) is 0 Å². The molecule has 0 atom stereocenters. The number of rotatable bonds is 8. The molecule has 150 valence electrons. The van der Waals surface area contributed by atoms with Gasteiger partial charge in [0.05, 0.1) is 11.5 Å². The lowest BCUT2D eigenvalue weighted by Gasteiger charge is -2.23. The second-order valence-electron chi connectivity index (χ2n) is 7.10. The molecule has 1 heterocycles. The number of carbonyl (C=O) groups excluding carboxylic acids is 1. The molecule has 0 radical (unpaired) electrons. The van der Waals surface area contributed by atoms with Gasteiger partial charge in [0.25, 0.3) is 11.6 Å². The number of aromatic nitrogens is 1. The summed E-state index contributed by atoms with van der Waals surface area (Å²) in [5.41, 5.74) is 3.08. The van der Waals surface area contributed by atoms with Crippen LogP contribution in [-0.2, 0) is 13.1 Å². The third kappa shape index (κ3) is 4.90. The summed E-state index contributed by atoms with van der Waals surface area (Å²) < 4.78 is 2.13. The topological polar surface area (TPSA) is 68.4 Å². The zero-order valence-corrected chi connectivity index (χ0v) is 16.7. The molecule has 3 rings (SSSR count). The maximum atomic E-state index is 13.1. The Labute approximate surface area is 170 Å². The van der Waals surface area contributed by atoms with E-state index in [0.717, 1.165) is 18.7 Å². The molecule has 6 heteroatoms. The van der Waals surface area contributed by atoms with E-state index in [2.05, 4.69) is 16.7 Å². The van der Waals surface area contributed by atoms with Gasteiger partial charge < -0.3 is 9.47 Å². The van der Waals surface area contributed by atoms with Gasteiger partial charge in [-0.2, -0.15) is 0 Å². The molecule has 0 spiro atoms. The van der Waals surface area contributed by atoms with Gasteiger partial charge in [-0.15, -0.1) is 0 Å². The zero-order valence-electron chi connectivity index (χ0n) is 16.7. The Morgan fingerprint density at radius 3 is 2.55 bits per heavy atom. The smallest absolute Gasteiger partial charge is 0.273 e. The average Bonchev–Trinajstić information content (AvgIpc) is 3.14. The minimum absolute atomic E-state index is 0.0280. The maximum absolute atomic E-state index is 13.1. The first kappa shape index (κ1) is 20.3. The Balaban J connectivity index is 1.83. The van der Waals surface area contributed by atoms with Crippen molar-refractivity contribution in [3.63, 3.8) is 0 Å². The molecule has 29 heavy (non-hydrogen) atoms. The van der Waals surface area contributed by atoms with Crippen LogP contribution in [0.4, 0.5) is 5.69 Å². The minimum atomic E-state index is -0.443. The van der Waals surface area contributed by atoms with Crippen LogP contribution in [0, 0.1) is 17.0 Å². The molecule has 1 aromatic heterocycles. The molecule has 0 N–H and O–H groups in total. The van der Waals surface area contributed by atoms with E-state index in [1.54, 1.807) is 24.0 Å². The van der Waals surface area contributed by atoms with Gasteiger partial charge in [0.1, 0.15) is 0 Å². The molecule has 0 aliphatic rings. The number of nitro benzene ring substituents is 1. The Kier molecular flexibility index (Phi) is 6.44. The highest BCUT2D eigenvalue weighted by Gasteiger charge is 2.20. The molecule has 0 saturated heterocycles. The van der Waals surface area contributed by atoms with Gasteiger partial charge in [0.15, 0.2) is 0 Å². The van der Waals surface area contributed by atoms with Crippen molar-refractivity contribution in [3.05, 3.63) is 99.4 Å². The number of amides is 1. The van der Waals surface area contributed by atoms with Crippen molar-refractivity contribution in [1.82, 2.24) is 9.47 Å².